The van der Waals surface area contributed by atoms with Crippen LogP contribution in [0, 0.1) is 0 Å². The SMILES string of the molecule is CCCCCCC/C=C\C/C=C\CCCCCCCCCCCCCCCCCCCCCCCCCC(=O)OC(COC(=O)CCCCCCCCCCCCCCCCCCCCCCCCCCCCCCC/C=C\CCCCCCCCCC)COC(OCC[N+](C)(C)C)C(=O)[O-]. The van der Waals surface area contributed by atoms with Crippen molar-refractivity contribution in [1.29, 1.82) is 0 Å². The quantitative estimate of drug-likeness (QED) is 0.0195. The first-order valence-electron chi connectivity index (χ1n) is 45.1. The standard InChI is InChI=1S/C92H175NO8/c1-6-8-10-12-14-16-18-20-22-24-26-28-30-32-34-36-38-40-42-43-44-45-46-47-49-50-52-54-56-58-60-62-64-66-68-70-72-74-76-78-80-82-89(94)99-86-88(87-100-92(91(96)97)98-85-84-93(3,4)5)101-90(95)83-81-79-77-75-73-71-69-67-65-63-61-59-57-55-53-51-48-41-39-37-35-33-31-29-27-25-23-21-19-17-15-13-11-9-7-2/h19,21,24-27,88,92H,6-18,20,22-23,28-87H2,1-5H3/b21-19-,26-24-,27-25-. The summed E-state index contributed by atoms with van der Waals surface area (Å²) >= 11 is 0. The topological polar surface area (TPSA) is 111 Å². The fourth-order valence-electron chi connectivity index (χ4n) is 14.0. The normalized spacial score (nSPS) is 12.7. The van der Waals surface area contributed by atoms with Crippen molar-refractivity contribution >= 4 is 17.9 Å². The van der Waals surface area contributed by atoms with Gasteiger partial charge in [-0.15, -0.1) is 0 Å². The maximum Gasteiger partial charge on any atom is 0.306 e. The lowest BCUT2D eigenvalue weighted by molar-refractivity contribution is -0.870. The van der Waals surface area contributed by atoms with Crippen molar-refractivity contribution in [3.05, 3.63) is 36.5 Å². The Labute approximate surface area is 630 Å². The van der Waals surface area contributed by atoms with E-state index >= 15 is 0 Å². The molecule has 0 saturated heterocycles. The molecule has 0 aliphatic carbocycles. The van der Waals surface area contributed by atoms with E-state index in [1.54, 1.807) is 0 Å². The lowest BCUT2D eigenvalue weighted by Gasteiger charge is -2.26. The smallest absolute Gasteiger partial charge is 0.306 e. The number of allylic oxidation sites excluding steroid dienone is 6. The third-order valence-electron chi connectivity index (χ3n) is 20.9. The van der Waals surface area contributed by atoms with Crippen LogP contribution in [0.25, 0.3) is 0 Å². The van der Waals surface area contributed by atoms with E-state index in [0.29, 0.717) is 17.4 Å². The molecule has 0 rings (SSSR count). The minimum Gasteiger partial charge on any atom is -0.545 e. The third kappa shape index (κ3) is 84.6. The van der Waals surface area contributed by atoms with E-state index in [9.17, 15) is 19.5 Å². The predicted octanol–water partition coefficient (Wildman–Crippen LogP) is 28.1. The lowest BCUT2D eigenvalue weighted by Crippen LogP contribution is -2.44. The highest BCUT2D eigenvalue weighted by Crippen LogP contribution is 2.21. The van der Waals surface area contributed by atoms with Crippen molar-refractivity contribution in [2.75, 3.05) is 47.5 Å². The number of carbonyl (C=O) groups is 3. The van der Waals surface area contributed by atoms with Crippen LogP contribution in [0.5, 0.6) is 0 Å². The number of quaternary nitrogens is 1. The first kappa shape index (κ1) is 98.5. The van der Waals surface area contributed by atoms with Gasteiger partial charge in [-0.25, -0.2) is 0 Å². The van der Waals surface area contributed by atoms with Gasteiger partial charge in [0.15, 0.2) is 12.4 Å². The third-order valence-corrected chi connectivity index (χ3v) is 20.9. The highest BCUT2D eigenvalue weighted by molar-refractivity contribution is 5.70. The summed E-state index contributed by atoms with van der Waals surface area (Å²) in [5, 5.41) is 11.9. The molecule has 596 valence electrons. The highest BCUT2D eigenvalue weighted by atomic mass is 16.7. The highest BCUT2D eigenvalue weighted by Gasteiger charge is 2.22. The maximum atomic E-state index is 13.0. The number of carbonyl (C=O) groups excluding carboxylic acids is 3. The van der Waals surface area contributed by atoms with Gasteiger partial charge in [-0.2, -0.15) is 0 Å². The number of nitrogens with zero attached hydrogens (tertiary/aromatic N) is 1. The van der Waals surface area contributed by atoms with Crippen LogP contribution in [-0.2, 0) is 33.3 Å². The molecule has 0 bridgehead atoms. The number of hydrogen-bond acceptors (Lipinski definition) is 8. The van der Waals surface area contributed by atoms with Gasteiger partial charge in [0, 0.05) is 12.8 Å². The van der Waals surface area contributed by atoms with Gasteiger partial charge in [0.2, 0.25) is 0 Å². The molecule has 2 atom stereocenters. The Hall–Kier alpha value is -2.49. The molecule has 0 aliphatic heterocycles. The largest absolute Gasteiger partial charge is 0.545 e. The molecule has 0 amide bonds. The Kier molecular flexibility index (Phi) is 81.1. The van der Waals surface area contributed by atoms with Gasteiger partial charge in [-0.1, -0.05) is 429 Å². The van der Waals surface area contributed by atoms with Gasteiger partial charge in [0.1, 0.15) is 13.2 Å². The van der Waals surface area contributed by atoms with E-state index in [-0.39, 0.29) is 32.2 Å². The molecule has 9 heteroatoms. The molecule has 9 nitrogen and oxygen atoms in total. The number of hydrogen-bond donors (Lipinski definition) is 0. The van der Waals surface area contributed by atoms with Crippen molar-refractivity contribution in [2.24, 2.45) is 0 Å². The molecule has 2 unspecified atom stereocenters. The monoisotopic (exact) mass is 1420 g/mol. The Morgan fingerprint density at radius 2 is 0.535 bits per heavy atom. The predicted molar refractivity (Wildman–Crippen MR) is 436 cm³/mol. The van der Waals surface area contributed by atoms with Crippen LogP contribution >= 0.6 is 0 Å². The van der Waals surface area contributed by atoms with Gasteiger partial charge >= 0.3 is 11.9 Å². The summed E-state index contributed by atoms with van der Waals surface area (Å²) in [4.78, 5) is 37.7. The van der Waals surface area contributed by atoms with Crippen LogP contribution < -0.4 is 5.11 Å². The second-order valence-electron chi connectivity index (χ2n) is 32.2. The number of rotatable bonds is 86. The molecule has 0 saturated carbocycles. The summed E-state index contributed by atoms with van der Waals surface area (Å²) in [5.74, 6) is -2.24. The Morgan fingerprint density at radius 1 is 0.297 bits per heavy atom. The number of carboxylic acid groups (broad SMARTS) is 1. The van der Waals surface area contributed by atoms with Crippen LogP contribution in [-0.4, -0.2) is 82.3 Å². The number of aliphatic carboxylic acids is 1. The molecule has 0 radical (unpaired) electrons. The van der Waals surface area contributed by atoms with E-state index in [0.717, 1.165) is 44.9 Å². The number of unbranched alkanes of at least 4 members (excludes halogenated alkanes) is 65. The first-order valence-corrected chi connectivity index (χ1v) is 45.1. The Balaban J connectivity index is 3.88. The van der Waals surface area contributed by atoms with Crippen molar-refractivity contribution in [2.45, 2.75) is 489 Å². The fourth-order valence-corrected chi connectivity index (χ4v) is 14.0. The van der Waals surface area contributed by atoms with Crippen molar-refractivity contribution in [1.82, 2.24) is 0 Å². The van der Waals surface area contributed by atoms with Crippen molar-refractivity contribution < 1.29 is 42.9 Å². The zero-order chi connectivity index (χ0) is 73.2. The van der Waals surface area contributed by atoms with Crippen LogP contribution in [0.2, 0.25) is 0 Å². The summed E-state index contributed by atoms with van der Waals surface area (Å²) in [6.07, 6.45) is 106. The molecule has 0 spiro atoms. The van der Waals surface area contributed by atoms with E-state index < -0.39 is 24.3 Å². The minimum absolute atomic E-state index is 0.152. The maximum absolute atomic E-state index is 13.0. The van der Waals surface area contributed by atoms with E-state index in [4.69, 9.17) is 18.9 Å². The van der Waals surface area contributed by atoms with Crippen LogP contribution in [0.3, 0.4) is 0 Å². The van der Waals surface area contributed by atoms with Crippen LogP contribution in [0.1, 0.15) is 476 Å². The second kappa shape index (κ2) is 83.2. The molecular formula is C92H175NO8. The molecule has 101 heavy (non-hydrogen) atoms. The van der Waals surface area contributed by atoms with E-state index in [2.05, 4.69) is 50.3 Å². The van der Waals surface area contributed by atoms with Crippen LogP contribution in [0.4, 0.5) is 0 Å². The average Bonchev–Trinajstić information content (AvgIpc) is 1.25. The average molecular weight is 1420 g/mol. The molecule has 0 aromatic carbocycles. The second-order valence-corrected chi connectivity index (χ2v) is 32.2. The minimum atomic E-state index is -1.62. The summed E-state index contributed by atoms with van der Waals surface area (Å²) < 4.78 is 22.9. The first-order chi connectivity index (χ1) is 49.6. The number of likely N-dealkylation sites (N-methyl/N-ethyl adjacent to an activating group) is 1. The number of esters is 2. The number of carboxylic acids is 1. The summed E-state index contributed by atoms with van der Waals surface area (Å²) in [6.45, 7) is 4.83. The van der Waals surface area contributed by atoms with Gasteiger partial charge < -0.3 is 33.3 Å². The fraction of sp³-hybridized carbons (Fsp3) is 0.902. The molecule has 0 aromatic heterocycles. The number of ether oxygens (including phenoxy) is 4. The molecule has 0 heterocycles. The molecule has 0 aliphatic rings. The summed E-state index contributed by atoms with van der Waals surface area (Å²) in [7, 11) is 5.96. The van der Waals surface area contributed by atoms with Gasteiger partial charge in [0.25, 0.3) is 0 Å². The summed E-state index contributed by atoms with van der Waals surface area (Å²) in [6, 6.07) is 0. The molecule has 0 aromatic rings. The Bertz CT molecular complexity index is 1760. The molecular weight excluding hydrogens is 1250 g/mol. The van der Waals surface area contributed by atoms with Gasteiger partial charge in [0.05, 0.1) is 40.3 Å². The zero-order valence-electron chi connectivity index (χ0n) is 68.6. The van der Waals surface area contributed by atoms with E-state index in [1.807, 2.05) is 21.1 Å². The van der Waals surface area contributed by atoms with Crippen molar-refractivity contribution in [3.8, 4) is 0 Å². The zero-order valence-corrected chi connectivity index (χ0v) is 68.6. The molecule has 0 N–H and O–H groups in total. The van der Waals surface area contributed by atoms with Crippen LogP contribution in [0.15, 0.2) is 36.5 Å². The summed E-state index contributed by atoms with van der Waals surface area (Å²) in [5.41, 5.74) is 0. The molecule has 0 fully saturated rings. The van der Waals surface area contributed by atoms with E-state index in [1.165, 1.54) is 405 Å². The lowest BCUT2D eigenvalue weighted by atomic mass is 10.0. The van der Waals surface area contributed by atoms with Gasteiger partial charge in [-0.3, -0.25) is 9.59 Å². The Morgan fingerprint density at radius 3 is 0.792 bits per heavy atom. The van der Waals surface area contributed by atoms with Crippen molar-refractivity contribution in [3.63, 3.8) is 0 Å². The van der Waals surface area contributed by atoms with Gasteiger partial charge in [-0.05, 0) is 70.6 Å².